The molecule has 0 spiro atoms. The molecule has 1 heterocycles. The van der Waals surface area contributed by atoms with Crippen molar-refractivity contribution in [2.24, 2.45) is 5.92 Å². The summed E-state index contributed by atoms with van der Waals surface area (Å²) in [6, 6.07) is 0.565. The third-order valence-electron chi connectivity index (χ3n) is 2.40. The first kappa shape index (κ1) is 7.65. The zero-order chi connectivity index (χ0) is 8.55. The van der Waals surface area contributed by atoms with Crippen molar-refractivity contribution in [2.45, 2.75) is 32.7 Å². The molecule has 0 saturated heterocycles. The van der Waals surface area contributed by atoms with Crippen molar-refractivity contribution in [1.29, 1.82) is 0 Å². The van der Waals surface area contributed by atoms with Crippen LogP contribution in [0, 0.1) is 12.8 Å². The van der Waals surface area contributed by atoms with Crippen LogP contribution < -0.4 is 5.32 Å². The van der Waals surface area contributed by atoms with Gasteiger partial charge in [-0.2, -0.15) is 0 Å². The van der Waals surface area contributed by atoms with Crippen LogP contribution in [0.15, 0.2) is 6.20 Å². The molecule has 2 N–H and O–H groups in total. The lowest BCUT2D eigenvalue weighted by Crippen LogP contribution is -2.17. The lowest BCUT2D eigenvalue weighted by atomic mass is 10.2. The number of imidazole rings is 1. The van der Waals surface area contributed by atoms with Crippen molar-refractivity contribution in [1.82, 2.24) is 9.97 Å². The van der Waals surface area contributed by atoms with Crippen LogP contribution in [0.5, 0.6) is 0 Å². The van der Waals surface area contributed by atoms with E-state index in [4.69, 9.17) is 0 Å². The molecule has 1 fully saturated rings. The third-order valence-corrected chi connectivity index (χ3v) is 2.40. The van der Waals surface area contributed by atoms with E-state index < -0.39 is 0 Å². The summed E-state index contributed by atoms with van der Waals surface area (Å²) in [6.45, 7) is 4.23. The highest BCUT2D eigenvalue weighted by atomic mass is 15.1. The zero-order valence-corrected chi connectivity index (χ0v) is 7.59. The monoisotopic (exact) mass is 165 g/mol. The van der Waals surface area contributed by atoms with Gasteiger partial charge in [-0.1, -0.05) is 0 Å². The average Bonchev–Trinajstić information content (AvgIpc) is 2.78. The normalized spacial score (nSPS) is 19.2. The summed E-state index contributed by atoms with van der Waals surface area (Å²) >= 11 is 0. The molecule has 1 unspecified atom stereocenters. The zero-order valence-electron chi connectivity index (χ0n) is 7.59. The number of aryl methyl sites for hydroxylation is 1. The molecule has 0 bridgehead atoms. The van der Waals surface area contributed by atoms with E-state index >= 15 is 0 Å². The number of nitrogens with zero attached hydrogens (tertiary/aromatic N) is 1. The van der Waals surface area contributed by atoms with Gasteiger partial charge in [-0.05, 0) is 32.6 Å². The molecule has 0 aromatic carbocycles. The van der Waals surface area contributed by atoms with Gasteiger partial charge in [0.25, 0.3) is 0 Å². The highest BCUT2D eigenvalue weighted by Crippen LogP contribution is 2.33. The molecule has 0 aliphatic heterocycles. The molecule has 3 nitrogen and oxygen atoms in total. The molecule has 66 valence electrons. The molecular formula is C9H15N3. The van der Waals surface area contributed by atoms with Gasteiger partial charge in [0, 0.05) is 17.9 Å². The van der Waals surface area contributed by atoms with Crippen LogP contribution in [0.4, 0.5) is 5.95 Å². The van der Waals surface area contributed by atoms with Crippen molar-refractivity contribution in [2.75, 3.05) is 5.32 Å². The molecule has 2 rings (SSSR count). The van der Waals surface area contributed by atoms with Crippen molar-refractivity contribution >= 4 is 5.95 Å². The van der Waals surface area contributed by atoms with Gasteiger partial charge < -0.3 is 10.3 Å². The minimum absolute atomic E-state index is 0.565. The Morgan fingerprint density at radius 2 is 2.42 bits per heavy atom. The Bertz CT molecular complexity index is 262. The number of nitrogens with one attached hydrogen (secondary N) is 2. The molecule has 0 radical (unpaired) electrons. The second-order valence-corrected chi connectivity index (χ2v) is 3.69. The van der Waals surface area contributed by atoms with Gasteiger partial charge in [0.2, 0.25) is 5.95 Å². The summed E-state index contributed by atoms with van der Waals surface area (Å²) in [4.78, 5) is 7.37. The summed E-state index contributed by atoms with van der Waals surface area (Å²) in [5.41, 5.74) is 1.11. The number of aromatic amines is 1. The molecular weight excluding hydrogens is 150 g/mol. The highest BCUT2D eigenvalue weighted by Gasteiger charge is 2.28. The van der Waals surface area contributed by atoms with E-state index in [-0.39, 0.29) is 0 Å². The molecule has 1 saturated carbocycles. The van der Waals surface area contributed by atoms with Gasteiger partial charge in [0.05, 0.1) is 0 Å². The molecule has 12 heavy (non-hydrogen) atoms. The Hall–Kier alpha value is -0.990. The summed E-state index contributed by atoms with van der Waals surface area (Å²) < 4.78 is 0. The molecule has 0 amide bonds. The molecule has 1 aliphatic carbocycles. The topological polar surface area (TPSA) is 40.7 Å². The van der Waals surface area contributed by atoms with Crippen LogP contribution in [0.2, 0.25) is 0 Å². The lowest BCUT2D eigenvalue weighted by Gasteiger charge is -2.10. The number of hydrogen-bond donors (Lipinski definition) is 2. The second kappa shape index (κ2) is 2.81. The van der Waals surface area contributed by atoms with Crippen molar-refractivity contribution in [3.05, 3.63) is 11.9 Å². The van der Waals surface area contributed by atoms with Gasteiger partial charge >= 0.3 is 0 Å². The maximum Gasteiger partial charge on any atom is 0.200 e. The molecule has 3 heteroatoms. The van der Waals surface area contributed by atoms with Crippen molar-refractivity contribution in [3.63, 3.8) is 0 Å². The fraction of sp³-hybridized carbons (Fsp3) is 0.667. The number of H-pyrrole nitrogens is 1. The predicted molar refractivity (Wildman–Crippen MR) is 49.1 cm³/mol. The Balaban J connectivity index is 1.93. The predicted octanol–water partition coefficient (Wildman–Crippen LogP) is 1.93. The van der Waals surface area contributed by atoms with Crippen LogP contribution in [-0.4, -0.2) is 16.0 Å². The Morgan fingerprint density at radius 3 is 2.92 bits per heavy atom. The molecule has 1 aliphatic rings. The van der Waals surface area contributed by atoms with Gasteiger partial charge in [0.15, 0.2) is 0 Å². The average molecular weight is 165 g/mol. The largest absolute Gasteiger partial charge is 0.353 e. The SMILES string of the molecule is Cc1cnc(NC(C)C2CC2)[nH]1. The number of rotatable bonds is 3. The van der Waals surface area contributed by atoms with Gasteiger partial charge in [-0.15, -0.1) is 0 Å². The van der Waals surface area contributed by atoms with Crippen LogP contribution in [0.25, 0.3) is 0 Å². The Labute approximate surface area is 72.6 Å². The van der Waals surface area contributed by atoms with E-state index in [1.165, 1.54) is 12.8 Å². The van der Waals surface area contributed by atoms with Crippen LogP contribution in [0.1, 0.15) is 25.5 Å². The highest BCUT2D eigenvalue weighted by molar-refractivity contribution is 5.27. The maximum atomic E-state index is 4.20. The first-order valence-corrected chi connectivity index (χ1v) is 4.54. The van der Waals surface area contributed by atoms with Crippen LogP contribution in [0.3, 0.4) is 0 Å². The Morgan fingerprint density at radius 1 is 1.67 bits per heavy atom. The number of hydrogen-bond acceptors (Lipinski definition) is 2. The quantitative estimate of drug-likeness (QED) is 0.718. The molecule has 1 atom stereocenters. The van der Waals surface area contributed by atoms with Gasteiger partial charge in [-0.25, -0.2) is 4.98 Å². The summed E-state index contributed by atoms with van der Waals surface area (Å²) in [6.07, 6.45) is 4.59. The lowest BCUT2D eigenvalue weighted by molar-refractivity contribution is 0.688. The van der Waals surface area contributed by atoms with Crippen LogP contribution in [-0.2, 0) is 0 Å². The van der Waals surface area contributed by atoms with E-state index in [0.29, 0.717) is 6.04 Å². The third kappa shape index (κ3) is 1.60. The summed E-state index contributed by atoms with van der Waals surface area (Å²) in [7, 11) is 0. The minimum Gasteiger partial charge on any atom is -0.353 e. The smallest absolute Gasteiger partial charge is 0.200 e. The van der Waals surface area contributed by atoms with Crippen molar-refractivity contribution in [3.8, 4) is 0 Å². The second-order valence-electron chi connectivity index (χ2n) is 3.69. The maximum absolute atomic E-state index is 4.20. The van der Waals surface area contributed by atoms with Gasteiger partial charge in [0.1, 0.15) is 0 Å². The first-order valence-electron chi connectivity index (χ1n) is 4.54. The number of aromatic nitrogens is 2. The minimum atomic E-state index is 0.565. The molecule has 1 aromatic rings. The summed E-state index contributed by atoms with van der Waals surface area (Å²) in [5.74, 6) is 1.78. The molecule has 1 aromatic heterocycles. The van der Waals surface area contributed by atoms with E-state index in [2.05, 4.69) is 22.2 Å². The fourth-order valence-electron chi connectivity index (χ4n) is 1.42. The summed E-state index contributed by atoms with van der Waals surface area (Å²) in [5, 5.41) is 3.36. The van der Waals surface area contributed by atoms with E-state index in [1.807, 2.05) is 13.1 Å². The Kier molecular flexibility index (Phi) is 1.79. The van der Waals surface area contributed by atoms with Gasteiger partial charge in [-0.3, -0.25) is 0 Å². The van der Waals surface area contributed by atoms with Crippen molar-refractivity contribution < 1.29 is 0 Å². The van der Waals surface area contributed by atoms with E-state index in [9.17, 15) is 0 Å². The first-order chi connectivity index (χ1) is 5.75. The van der Waals surface area contributed by atoms with Crippen LogP contribution >= 0.6 is 0 Å². The fourth-order valence-corrected chi connectivity index (χ4v) is 1.42. The standard InChI is InChI=1S/C9H15N3/c1-6-5-10-9(11-6)12-7(2)8-3-4-8/h5,7-8H,3-4H2,1-2H3,(H2,10,11,12). The number of anilines is 1. The van der Waals surface area contributed by atoms with E-state index in [0.717, 1.165) is 17.6 Å². The van der Waals surface area contributed by atoms with E-state index in [1.54, 1.807) is 0 Å².